The van der Waals surface area contributed by atoms with Gasteiger partial charge in [-0.2, -0.15) is 13.2 Å². The Morgan fingerprint density at radius 1 is 1.15 bits per heavy atom. The lowest BCUT2D eigenvalue weighted by atomic mass is 9.83. The van der Waals surface area contributed by atoms with Gasteiger partial charge in [0.1, 0.15) is 11.9 Å². The van der Waals surface area contributed by atoms with E-state index in [4.69, 9.17) is 9.47 Å². The lowest BCUT2D eigenvalue weighted by Crippen LogP contribution is -2.43. The van der Waals surface area contributed by atoms with Gasteiger partial charge in [0.05, 0.1) is 30.5 Å². The number of nitrogens with zero attached hydrogens (tertiary/aromatic N) is 2. The summed E-state index contributed by atoms with van der Waals surface area (Å²) >= 11 is 0. The van der Waals surface area contributed by atoms with Gasteiger partial charge in [0.15, 0.2) is 0 Å². The second-order valence-corrected chi connectivity index (χ2v) is 8.53. The Labute approximate surface area is 190 Å². The minimum absolute atomic E-state index is 0.272. The summed E-state index contributed by atoms with van der Waals surface area (Å²) < 4.78 is 50.0. The van der Waals surface area contributed by atoms with Crippen molar-refractivity contribution in [2.45, 2.75) is 37.1 Å². The largest absolute Gasteiger partial charge is 0.495 e. The van der Waals surface area contributed by atoms with Gasteiger partial charge in [-0.05, 0) is 49.1 Å². The molecule has 0 spiro atoms. The second kappa shape index (κ2) is 9.23. The Balaban J connectivity index is 1.31. The second-order valence-electron chi connectivity index (χ2n) is 8.53. The molecule has 6 nitrogen and oxygen atoms in total. The molecule has 4 rings (SSSR count). The quantitative estimate of drug-likeness (QED) is 0.686. The molecule has 2 aliphatic heterocycles. The van der Waals surface area contributed by atoms with E-state index in [1.54, 1.807) is 24.1 Å². The molecule has 1 amide bonds. The number of para-hydroxylation sites is 2. The Morgan fingerprint density at radius 2 is 1.88 bits per heavy atom. The van der Waals surface area contributed by atoms with Crippen LogP contribution in [0.2, 0.25) is 0 Å². The number of methoxy groups -OCH3 is 1. The normalized spacial score (nSPS) is 21.2. The first kappa shape index (κ1) is 23.4. The number of hydrogen-bond donors (Lipinski definition) is 1. The first-order valence-corrected chi connectivity index (χ1v) is 10.9. The number of ether oxygens (including phenoxy) is 2. The zero-order chi connectivity index (χ0) is 23.6. The highest BCUT2D eigenvalue weighted by Gasteiger charge is 2.38. The number of amides is 1. The molecule has 2 aromatic carbocycles. The number of benzene rings is 2. The third-order valence-electron chi connectivity index (χ3n) is 6.43. The molecular weight excluding hydrogens is 437 g/mol. The molecule has 0 bridgehead atoms. The van der Waals surface area contributed by atoms with Gasteiger partial charge < -0.3 is 19.5 Å². The number of carbonyl (C=O) groups is 1. The Morgan fingerprint density at radius 3 is 2.58 bits per heavy atom. The van der Waals surface area contributed by atoms with Gasteiger partial charge in [-0.3, -0.25) is 4.90 Å². The van der Waals surface area contributed by atoms with Gasteiger partial charge in [0, 0.05) is 19.6 Å². The van der Waals surface area contributed by atoms with E-state index in [-0.39, 0.29) is 6.10 Å². The molecule has 2 fully saturated rings. The molecule has 2 aliphatic rings. The fourth-order valence-corrected chi connectivity index (χ4v) is 4.47. The Bertz CT molecular complexity index is 990. The number of likely N-dealkylation sites (tertiary alicyclic amines) is 1. The SMILES string of the molecule is COc1ccccc1N1CC(CCN2CCC(O)(c3cccc(C(F)(F)F)c3)CC2)OC1=O. The van der Waals surface area contributed by atoms with E-state index in [2.05, 4.69) is 4.90 Å². The van der Waals surface area contributed by atoms with Crippen LogP contribution in [-0.2, 0) is 16.5 Å². The van der Waals surface area contributed by atoms with Crippen LogP contribution in [0.15, 0.2) is 48.5 Å². The molecule has 0 saturated carbocycles. The summed E-state index contributed by atoms with van der Waals surface area (Å²) in [4.78, 5) is 16.1. The van der Waals surface area contributed by atoms with Crippen LogP contribution in [0.3, 0.4) is 0 Å². The van der Waals surface area contributed by atoms with E-state index >= 15 is 0 Å². The molecule has 9 heteroatoms. The maximum atomic E-state index is 13.0. The number of cyclic esters (lactones) is 1. The topological polar surface area (TPSA) is 62.2 Å². The van der Waals surface area contributed by atoms with Crippen molar-refractivity contribution in [3.8, 4) is 5.75 Å². The fourth-order valence-electron chi connectivity index (χ4n) is 4.47. The molecule has 0 aliphatic carbocycles. The van der Waals surface area contributed by atoms with Crippen molar-refractivity contribution < 1.29 is 32.5 Å². The van der Waals surface area contributed by atoms with Crippen LogP contribution < -0.4 is 9.64 Å². The summed E-state index contributed by atoms with van der Waals surface area (Å²) in [6, 6.07) is 12.2. The van der Waals surface area contributed by atoms with Gasteiger partial charge in [-0.1, -0.05) is 24.3 Å². The number of carbonyl (C=O) groups excluding carboxylic acids is 1. The van der Waals surface area contributed by atoms with E-state index in [1.807, 2.05) is 18.2 Å². The lowest BCUT2D eigenvalue weighted by Gasteiger charge is -2.39. The summed E-state index contributed by atoms with van der Waals surface area (Å²) in [5.74, 6) is 0.597. The van der Waals surface area contributed by atoms with E-state index in [0.29, 0.717) is 62.4 Å². The van der Waals surface area contributed by atoms with Gasteiger partial charge >= 0.3 is 12.3 Å². The number of hydrogen-bond acceptors (Lipinski definition) is 5. The van der Waals surface area contributed by atoms with Crippen LogP contribution in [0.5, 0.6) is 5.75 Å². The molecule has 2 aromatic rings. The third-order valence-corrected chi connectivity index (χ3v) is 6.43. The van der Waals surface area contributed by atoms with Crippen molar-refractivity contribution in [1.29, 1.82) is 0 Å². The smallest absolute Gasteiger partial charge is 0.416 e. The van der Waals surface area contributed by atoms with E-state index in [0.717, 1.165) is 12.1 Å². The standard InChI is InChI=1S/C24H27F3N2O4/c1-32-21-8-3-2-7-20(21)29-16-19(33-22(29)30)9-12-28-13-10-23(31,11-14-28)17-5-4-6-18(15-17)24(25,26)27/h2-8,15,19,31H,9-14,16H2,1H3. The predicted molar refractivity (Wildman–Crippen MR) is 116 cm³/mol. The number of alkyl halides is 3. The van der Waals surface area contributed by atoms with Crippen molar-refractivity contribution in [2.24, 2.45) is 0 Å². The highest BCUT2D eigenvalue weighted by molar-refractivity contribution is 5.91. The lowest BCUT2D eigenvalue weighted by molar-refractivity contribution is -0.137. The number of halogens is 3. The van der Waals surface area contributed by atoms with E-state index in [1.165, 1.54) is 6.07 Å². The molecule has 0 radical (unpaired) electrons. The minimum Gasteiger partial charge on any atom is -0.495 e. The molecule has 0 aromatic heterocycles. The molecule has 1 atom stereocenters. The van der Waals surface area contributed by atoms with Crippen LogP contribution in [0.25, 0.3) is 0 Å². The maximum absolute atomic E-state index is 13.0. The molecule has 33 heavy (non-hydrogen) atoms. The van der Waals surface area contributed by atoms with Crippen LogP contribution in [0.1, 0.15) is 30.4 Å². The maximum Gasteiger partial charge on any atom is 0.416 e. The van der Waals surface area contributed by atoms with Crippen molar-refractivity contribution in [3.63, 3.8) is 0 Å². The first-order valence-electron chi connectivity index (χ1n) is 10.9. The van der Waals surface area contributed by atoms with E-state index < -0.39 is 23.4 Å². The first-order chi connectivity index (χ1) is 15.7. The minimum atomic E-state index is -4.44. The molecule has 2 saturated heterocycles. The van der Waals surface area contributed by atoms with Crippen LogP contribution in [-0.4, -0.2) is 55.5 Å². The zero-order valence-electron chi connectivity index (χ0n) is 18.3. The Hall–Kier alpha value is -2.78. The molecule has 1 N–H and O–H groups in total. The highest BCUT2D eigenvalue weighted by atomic mass is 19.4. The van der Waals surface area contributed by atoms with Crippen LogP contribution >= 0.6 is 0 Å². The Kier molecular flexibility index (Phi) is 6.54. The highest BCUT2D eigenvalue weighted by Crippen LogP contribution is 2.37. The van der Waals surface area contributed by atoms with Crippen LogP contribution in [0, 0.1) is 0 Å². The average molecular weight is 464 g/mol. The molecule has 2 heterocycles. The number of rotatable bonds is 6. The average Bonchev–Trinajstić information content (AvgIpc) is 3.18. The fraction of sp³-hybridized carbons (Fsp3) is 0.458. The number of aliphatic hydroxyl groups is 1. The van der Waals surface area contributed by atoms with Gasteiger partial charge in [0.2, 0.25) is 0 Å². The zero-order valence-corrected chi connectivity index (χ0v) is 18.3. The van der Waals surface area contributed by atoms with Gasteiger partial charge in [-0.25, -0.2) is 4.79 Å². The summed E-state index contributed by atoms with van der Waals surface area (Å²) in [5, 5.41) is 11.0. The summed E-state index contributed by atoms with van der Waals surface area (Å²) in [5.41, 5.74) is -1.07. The van der Waals surface area contributed by atoms with Crippen molar-refractivity contribution in [3.05, 3.63) is 59.7 Å². The summed E-state index contributed by atoms with van der Waals surface area (Å²) in [6.07, 6.45) is -3.82. The third kappa shape index (κ3) is 5.09. The molecule has 178 valence electrons. The van der Waals surface area contributed by atoms with Crippen LogP contribution in [0.4, 0.5) is 23.7 Å². The summed E-state index contributed by atoms with van der Waals surface area (Å²) in [7, 11) is 1.55. The summed E-state index contributed by atoms with van der Waals surface area (Å²) in [6.45, 7) is 2.17. The van der Waals surface area contributed by atoms with Crippen molar-refractivity contribution in [2.75, 3.05) is 38.2 Å². The van der Waals surface area contributed by atoms with Gasteiger partial charge in [-0.15, -0.1) is 0 Å². The van der Waals surface area contributed by atoms with Crippen molar-refractivity contribution >= 4 is 11.8 Å². The number of piperidine rings is 1. The van der Waals surface area contributed by atoms with Crippen molar-refractivity contribution in [1.82, 2.24) is 4.90 Å². The van der Waals surface area contributed by atoms with E-state index in [9.17, 15) is 23.1 Å². The van der Waals surface area contributed by atoms with Gasteiger partial charge in [0.25, 0.3) is 0 Å². The number of anilines is 1. The monoisotopic (exact) mass is 464 g/mol. The molecular formula is C24H27F3N2O4. The molecule has 1 unspecified atom stereocenters. The predicted octanol–water partition coefficient (Wildman–Crippen LogP) is 4.41.